The van der Waals surface area contributed by atoms with Crippen molar-refractivity contribution >= 4 is 28.3 Å². The maximum absolute atomic E-state index is 9.91. The average molecular weight is 338 g/mol. The number of carbonyl (C=O) groups excluding carboxylic acids is 1. The first kappa shape index (κ1) is 21.5. The highest BCUT2D eigenvalue weighted by Gasteiger charge is 2.23. The van der Waals surface area contributed by atoms with Crippen molar-refractivity contribution in [2.24, 2.45) is 0 Å². The summed E-state index contributed by atoms with van der Waals surface area (Å²) in [6, 6.07) is 0. The minimum absolute atomic E-state index is 0.121. The number of rotatable bonds is 8. The number of carboxylic acid groups (broad SMARTS) is 1. The summed E-state index contributed by atoms with van der Waals surface area (Å²) in [6.45, 7) is -1.55. The summed E-state index contributed by atoms with van der Waals surface area (Å²) in [7, 11) is -7.77. The van der Waals surface area contributed by atoms with Gasteiger partial charge in [0.05, 0.1) is 13.2 Å². The topological polar surface area (TPSA) is 211 Å². The predicted molar refractivity (Wildman–Crippen MR) is 57.3 cm³/mol. The van der Waals surface area contributed by atoms with E-state index < -0.39 is 47.5 Å². The number of phosphoric ester groups is 1. The maximum Gasteiger partial charge on any atom is 0.489 e. The fourth-order valence-corrected chi connectivity index (χ4v) is 1.18. The molecule has 0 amide bonds. The lowest BCUT2D eigenvalue weighted by Gasteiger charge is -2.04. The van der Waals surface area contributed by atoms with Crippen LogP contribution in [0.3, 0.4) is 0 Å². The summed E-state index contributed by atoms with van der Waals surface area (Å²) in [6.07, 6.45) is -3.04. The van der Waals surface area contributed by atoms with E-state index in [2.05, 4.69) is 9.05 Å². The summed E-state index contributed by atoms with van der Waals surface area (Å²) in [5, 5.41) is 24.6. The lowest BCUT2D eigenvalue weighted by Crippen LogP contribution is -2.26. The van der Waals surface area contributed by atoms with Gasteiger partial charge in [-0.3, -0.25) is 4.52 Å². The number of carbonyl (C=O) groups is 2. The molecule has 12 nitrogen and oxygen atoms in total. The molecule has 0 aliphatic rings. The molecule has 0 aliphatic carbocycles. The summed E-state index contributed by atoms with van der Waals surface area (Å²) in [4.78, 5) is 45.3. The Kier molecular flexibility index (Phi) is 11.7. The number of aldehydes is 1. The molecule has 0 spiro atoms. The van der Waals surface area contributed by atoms with Gasteiger partial charge in [0, 0.05) is 0 Å². The first-order valence-corrected chi connectivity index (χ1v) is 7.14. The van der Waals surface area contributed by atoms with E-state index in [9.17, 15) is 23.6 Å². The van der Waals surface area contributed by atoms with E-state index in [0.717, 1.165) is 0 Å². The van der Waals surface area contributed by atoms with Crippen LogP contribution in [0.4, 0.5) is 0 Å². The third-order valence-electron chi connectivity index (χ3n) is 1.23. The van der Waals surface area contributed by atoms with Gasteiger partial charge in [-0.1, -0.05) is 0 Å². The van der Waals surface area contributed by atoms with E-state index in [1.165, 1.54) is 0 Å². The van der Waals surface area contributed by atoms with Crippen molar-refractivity contribution in [3.8, 4) is 0 Å². The molecule has 5 N–H and O–H groups in total. The number of hydrogen-bond acceptors (Lipinski definition) is 9. The second-order valence-electron chi connectivity index (χ2n) is 2.83. The highest BCUT2D eigenvalue weighted by molar-refractivity contribution is 7.46. The van der Waals surface area contributed by atoms with Gasteiger partial charge in [0.2, 0.25) is 6.10 Å². The van der Waals surface area contributed by atoms with E-state index in [4.69, 9.17) is 25.1 Å². The van der Waals surface area contributed by atoms with E-state index in [-0.39, 0.29) is 6.29 Å². The Bertz CT molecular complexity index is 363. The normalized spacial score (nSPS) is 14.6. The molecule has 0 radical (unpaired) electrons. The van der Waals surface area contributed by atoms with Crippen molar-refractivity contribution < 1.29 is 57.8 Å². The zero-order chi connectivity index (χ0) is 16.3. The van der Waals surface area contributed by atoms with Crippen molar-refractivity contribution in [1.82, 2.24) is 0 Å². The first-order chi connectivity index (χ1) is 9.03. The van der Waals surface area contributed by atoms with Crippen molar-refractivity contribution in [1.29, 1.82) is 0 Å². The Morgan fingerprint density at radius 1 is 1.45 bits per heavy atom. The van der Waals surface area contributed by atoms with Crippen LogP contribution in [0.1, 0.15) is 0 Å². The summed E-state index contributed by atoms with van der Waals surface area (Å²) in [5.74, 6) is -1.51. The fourth-order valence-electron chi connectivity index (χ4n) is 0.473. The molecule has 0 aromatic rings. The Labute approximate surface area is 112 Å². The van der Waals surface area contributed by atoms with Crippen molar-refractivity contribution in [2.75, 3.05) is 13.2 Å². The minimum atomic E-state index is -4.55. The molecule has 14 heteroatoms. The van der Waals surface area contributed by atoms with Crippen molar-refractivity contribution in [3.63, 3.8) is 0 Å². The van der Waals surface area contributed by atoms with Gasteiger partial charge < -0.3 is 34.8 Å². The largest absolute Gasteiger partial charge is 0.566 e. The molecule has 20 heavy (non-hydrogen) atoms. The first-order valence-electron chi connectivity index (χ1n) is 4.51. The SMILES string of the molecule is O=C(O)C(CO)O[P+](=O)[O-].O=CC(O)COP(=O)(O)O. The average Bonchev–Trinajstić information content (AvgIpc) is 2.32. The van der Waals surface area contributed by atoms with Crippen LogP contribution in [0.15, 0.2) is 0 Å². The molecule has 0 heterocycles. The van der Waals surface area contributed by atoms with Crippen LogP contribution in [-0.4, -0.2) is 62.8 Å². The Balaban J connectivity index is 0. The molecule has 0 fully saturated rings. The quantitative estimate of drug-likeness (QED) is 0.223. The number of aliphatic hydroxyl groups is 2. The Morgan fingerprint density at radius 2 is 1.95 bits per heavy atom. The molecule has 0 aliphatic heterocycles. The molecule has 0 bridgehead atoms. The number of aliphatic carboxylic acids is 1. The zero-order valence-electron chi connectivity index (χ0n) is 9.63. The van der Waals surface area contributed by atoms with Crippen LogP contribution >= 0.6 is 16.1 Å². The smallest absolute Gasteiger partial charge is 0.489 e. The van der Waals surface area contributed by atoms with E-state index in [0.29, 0.717) is 0 Å². The molecular weight excluding hydrogens is 326 g/mol. The van der Waals surface area contributed by atoms with Gasteiger partial charge in [0.1, 0.15) is 6.10 Å². The third kappa shape index (κ3) is 15.2. The van der Waals surface area contributed by atoms with Crippen LogP contribution in [0.25, 0.3) is 0 Å². The molecule has 0 saturated carbocycles. The maximum atomic E-state index is 9.91. The molecule has 0 saturated heterocycles. The van der Waals surface area contributed by atoms with Gasteiger partial charge in [-0.15, -0.1) is 4.52 Å². The van der Waals surface area contributed by atoms with Gasteiger partial charge in [-0.2, -0.15) is 0 Å². The van der Waals surface area contributed by atoms with E-state index in [1.807, 2.05) is 0 Å². The second kappa shape index (κ2) is 10.9. The molecule has 0 rings (SSSR count). The van der Waals surface area contributed by atoms with E-state index >= 15 is 0 Å². The van der Waals surface area contributed by atoms with Crippen LogP contribution in [0.2, 0.25) is 0 Å². The Hall–Kier alpha value is -0.810. The van der Waals surface area contributed by atoms with Crippen molar-refractivity contribution in [2.45, 2.75) is 12.2 Å². The monoisotopic (exact) mass is 338 g/mol. The zero-order valence-corrected chi connectivity index (χ0v) is 11.4. The van der Waals surface area contributed by atoms with Crippen molar-refractivity contribution in [3.05, 3.63) is 0 Å². The van der Waals surface area contributed by atoms with Gasteiger partial charge in [0.15, 0.2) is 6.29 Å². The lowest BCUT2D eigenvalue weighted by molar-refractivity contribution is -0.194. The van der Waals surface area contributed by atoms with Gasteiger partial charge in [0.25, 0.3) is 0 Å². The summed E-state index contributed by atoms with van der Waals surface area (Å²) < 4.78 is 27.1. The number of phosphoric acid groups is 1. The van der Waals surface area contributed by atoms with Crippen LogP contribution in [0, 0.1) is 0 Å². The predicted octanol–water partition coefficient (Wildman–Crippen LogP) is -2.88. The molecule has 3 atom stereocenters. The summed E-state index contributed by atoms with van der Waals surface area (Å²) >= 11 is 0. The van der Waals surface area contributed by atoms with Gasteiger partial charge >= 0.3 is 22.0 Å². The number of aliphatic hydroxyl groups excluding tert-OH is 2. The number of carboxylic acids is 1. The third-order valence-corrected chi connectivity index (χ3v) is 2.14. The minimum Gasteiger partial charge on any atom is -0.566 e. The van der Waals surface area contributed by atoms with E-state index in [1.54, 1.807) is 0 Å². The molecule has 0 aromatic heterocycles. The molecular formula is C6H12O12P2. The highest BCUT2D eigenvalue weighted by Crippen LogP contribution is 2.35. The molecule has 3 unspecified atom stereocenters. The van der Waals surface area contributed by atoms with Gasteiger partial charge in [-0.05, 0) is 4.57 Å². The fraction of sp³-hybridized carbons (Fsp3) is 0.667. The second-order valence-corrected chi connectivity index (χ2v) is 4.73. The van der Waals surface area contributed by atoms with Crippen LogP contribution in [0.5, 0.6) is 0 Å². The molecule has 0 aromatic carbocycles. The molecule has 118 valence electrons. The van der Waals surface area contributed by atoms with Crippen LogP contribution < -0.4 is 4.89 Å². The highest BCUT2D eigenvalue weighted by atomic mass is 31.2. The summed E-state index contributed by atoms with van der Waals surface area (Å²) in [5.41, 5.74) is 0. The van der Waals surface area contributed by atoms with Gasteiger partial charge in [-0.25, -0.2) is 9.36 Å². The standard InChI is InChI=1S/C3H7O6P.C3H5O6P/c4-1-3(5)2-9-10(6,7)8;4-1-2(3(5)6)9-10(7)8/h1,3,5H,2H2,(H2,6,7,8);2,4H,1H2,(H,5,6). The van der Waals surface area contributed by atoms with Crippen LogP contribution in [-0.2, 0) is 27.8 Å². The lowest BCUT2D eigenvalue weighted by atomic mass is 10.4. The number of hydrogen-bond donors (Lipinski definition) is 5. The Morgan fingerprint density at radius 3 is 2.15 bits per heavy atom.